The van der Waals surface area contributed by atoms with Crippen molar-refractivity contribution >= 4 is 30.0 Å². The van der Waals surface area contributed by atoms with Crippen molar-refractivity contribution in [2.45, 2.75) is 102 Å². The summed E-state index contributed by atoms with van der Waals surface area (Å²) in [6, 6.07) is 12.8. The Hall–Kier alpha value is -5.46. The number of methoxy groups -OCH3 is 1. The quantitative estimate of drug-likeness (QED) is 0.241. The Morgan fingerprint density at radius 3 is 2.42 bits per heavy atom. The van der Waals surface area contributed by atoms with Gasteiger partial charge in [-0.25, -0.2) is 9.59 Å². The van der Waals surface area contributed by atoms with Crippen LogP contribution in [-0.4, -0.2) is 85.8 Å². The van der Waals surface area contributed by atoms with Crippen LogP contribution >= 0.6 is 0 Å². The number of rotatable bonds is 6. The van der Waals surface area contributed by atoms with Crippen molar-refractivity contribution in [3.05, 3.63) is 72.8 Å². The molecule has 6 rings (SSSR count). The van der Waals surface area contributed by atoms with Crippen LogP contribution < -0.4 is 15.4 Å². The van der Waals surface area contributed by atoms with Crippen molar-refractivity contribution in [1.29, 1.82) is 0 Å². The number of carbonyl (C=O) groups is 4. The summed E-state index contributed by atoms with van der Waals surface area (Å²) < 4.78 is 11.3. The Kier molecular flexibility index (Phi) is 11.0. The number of carbonyl (C=O) groups excluding carboxylic acids is 3. The van der Waals surface area contributed by atoms with E-state index < -0.39 is 64.5 Å². The molecule has 13 heteroatoms. The third kappa shape index (κ3) is 8.45. The zero-order valence-corrected chi connectivity index (χ0v) is 32.5. The van der Waals surface area contributed by atoms with Gasteiger partial charge in [0.1, 0.15) is 40.4 Å². The highest BCUT2D eigenvalue weighted by molar-refractivity contribution is 5.96. The number of alkyl carbamates (subject to hydrolysis) is 1. The van der Waals surface area contributed by atoms with Crippen LogP contribution in [0.5, 0.6) is 5.75 Å². The Bertz CT molecular complexity index is 1980. The van der Waals surface area contributed by atoms with Crippen molar-refractivity contribution in [2.75, 3.05) is 13.7 Å². The van der Waals surface area contributed by atoms with Gasteiger partial charge < -0.3 is 30.1 Å². The van der Waals surface area contributed by atoms with E-state index in [2.05, 4.69) is 35.4 Å². The molecule has 55 heavy (non-hydrogen) atoms. The SMILES string of the molecule is C=C[C@@H]1C[C@]1(NC(=O)[C@@H]1C[C@@H]2CN1C(=O)[C@H](C(C)(C)C)NC(=O)OC(C)(C)CCCC/C=C\c1cccc(c1)-c1nn2nc1-c1ccc(OC)cc1)C(=O)O. The van der Waals surface area contributed by atoms with E-state index in [4.69, 9.17) is 19.7 Å². The van der Waals surface area contributed by atoms with Gasteiger partial charge in [-0.2, -0.15) is 15.0 Å². The highest BCUT2D eigenvalue weighted by Crippen LogP contribution is 2.45. The molecule has 1 aliphatic carbocycles. The zero-order chi connectivity index (χ0) is 39.7. The van der Waals surface area contributed by atoms with Gasteiger partial charge in [-0.15, -0.1) is 6.58 Å². The van der Waals surface area contributed by atoms with Crippen LogP contribution in [0.4, 0.5) is 4.79 Å². The van der Waals surface area contributed by atoms with Crippen LogP contribution in [-0.2, 0) is 19.1 Å². The summed E-state index contributed by atoms with van der Waals surface area (Å²) in [7, 11) is 1.60. The van der Waals surface area contributed by atoms with Gasteiger partial charge in [-0.1, -0.05) is 57.2 Å². The number of allylic oxidation sites excluding steroid dienone is 1. The molecule has 0 spiro atoms. The third-order valence-corrected chi connectivity index (χ3v) is 10.8. The molecule has 0 radical (unpaired) electrons. The lowest BCUT2D eigenvalue weighted by atomic mass is 9.85. The topological polar surface area (TPSA) is 165 Å². The standard InChI is InChI=1S/C42H52N6O7/c1-8-29-24-42(29,38(51)52)44-36(49)32-23-30-25-47(32)37(50)35(40(2,3)4)43-39(53)55-41(5,6)21-12-10-9-11-14-26-15-13-16-28(22-26)34-33(45-48(30)46-34)27-17-19-31(54-7)20-18-27/h8,11,13-20,22,29-30,32,35H,1,9-10,12,21,23-25H2,2-7H3,(H,43,53)(H,44,49)(H,51,52)/b14-11-/t29-,30-,32+,35-,42-/m1/s1. The summed E-state index contributed by atoms with van der Waals surface area (Å²) in [6.45, 7) is 12.9. The first-order valence-corrected chi connectivity index (χ1v) is 18.9. The van der Waals surface area contributed by atoms with Crippen molar-refractivity contribution in [1.82, 2.24) is 30.5 Å². The maximum Gasteiger partial charge on any atom is 0.408 e. The molecule has 0 unspecified atom stereocenters. The maximum atomic E-state index is 14.7. The van der Waals surface area contributed by atoms with E-state index in [1.54, 1.807) is 11.9 Å². The highest BCUT2D eigenvalue weighted by atomic mass is 16.6. The minimum absolute atomic E-state index is 0.0234. The first-order valence-electron chi connectivity index (χ1n) is 18.9. The lowest BCUT2D eigenvalue weighted by Crippen LogP contribution is -2.59. The lowest BCUT2D eigenvalue weighted by molar-refractivity contribution is -0.146. The number of nitrogens with zero attached hydrogens (tertiary/aromatic N) is 4. The number of aromatic nitrogens is 3. The number of carboxylic acids is 1. The molecule has 3 amide bonds. The van der Waals surface area contributed by atoms with Crippen LogP contribution in [0.2, 0.25) is 0 Å². The Balaban J connectivity index is 1.45. The fourth-order valence-corrected chi connectivity index (χ4v) is 7.50. The average Bonchev–Trinajstić information content (AvgIpc) is 3.43. The molecule has 2 aromatic carbocycles. The number of aliphatic carboxylic acids is 1. The number of cyclic esters (lactones) is 1. The van der Waals surface area contributed by atoms with Crippen molar-refractivity contribution in [2.24, 2.45) is 11.3 Å². The number of ether oxygens (including phenoxy) is 2. The van der Waals surface area contributed by atoms with Gasteiger partial charge in [-0.05, 0) is 87.3 Å². The Labute approximate surface area is 322 Å². The molecule has 3 aromatic rings. The number of hydrogen-bond donors (Lipinski definition) is 3. The zero-order valence-electron chi connectivity index (χ0n) is 32.5. The molecule has 3 aliphatic rings. The van der Waals surface area contributed by atoms with E-state index in [1.807, 2.05) is 77.1 Å². The summed E-state index contributed by atoms with van der Waals surface area (Å²) in [6.07, 6.45) is 8.45. The molecular weight excluding hydrogens is 700 g/mol. The second-order valence-electron chi connectivity index (χ2n) is 16.5. The summed E-state index contributed by atoms with van der Waals surface area (Å²) in [5.41, 5.74) is 0.750. The van der Waals surface area contributed by atoms with Gasteiger partial charge in [0.2, 0.25) is 11.8 Å². The van der Waals surface area contributed by atoms with Crippen LogP contribution in [0.1, 0.15) is 84.7 Å². The second kappa shape index (κ2) is 15.3. The van der Waals surface area contributed by atoms with Gasteiger partial charge in [0.25, 0.3) is 0 Å². The van der Waals surface area contributed by atoms with Crippen molar-refractivity contribution in [3.8, 4) is 28.3 Å². The average molecular weight is 753 g/mol. The summed E-state index contributed by atoms with van der Waals surface area (Å²) in [5.74, 6) is -2.05. The predicted molar refractivity (Wildman–Crippen MR) is 208 cm³/mol. The normalized spacial score (nSPS) is 26.1. The molecule has 3 heterocycles. The number of amides is 3. The smallest absolute Gasteiger partial charge is 0.408 e. The lowest BCUT2D eigenvalue weighted by Gasteiger charge is -2.36. The van der Waals surface area contributed by atoms with Crippen molar-refractivity contribution < 1.29 is 33.8 Å². The molecule has 1 saturated carbocycles. The molecule has 2 aliphatic heterocycles. The molecule has 3 N–H and O–H groups in total. The summed E-state index contributed by atoms with van der Waals surface area (Å²) in [5, 5.41) is 25.7. The maximum absolute atomic E-state index is 14.7. The first-order chi connectivity index (χ1) is 26.0. The molecule has 6 bridgehead atoms. The number of benzene rings is 2. The Morgan fingerprint density at radius 2 is 1.78 bits per heavy atom. The molecule has 1 aromatic heterocycles. The second-order valence-corrected chi connectivity index (χ2v) is 16.5. The van der Waals surface area contributed by atoms with Gasteiger partial charge in [-0.3, -0.25) is 9.59 Å². The van der Waals surface area contributed by atoms with Crippen LogP contribution in [0, 0.1) is 11.3 Å². The number of nitrogens with one attached hydrogen (secondary N) is 2. The Morgan fingerprint density at radius 1 is 1.07 bits per heavy atom. The molecular formula is C42H52N6O7. The third-order valence-electron chi connectivity index (χ3n) is 10.8. The van der Waals surface area contributed by atoms with Gasteiger partial charge in [0.15, 0.2) is 0 Å². The minimum atomic E-state index is -1.51. The highest BCUT2D eigenvalue weighted by Gasteiger charge is 2.61. The first kappa shape index (κ1) is 39.2. The van der Waals surface area contributed by atoms with Crippen LogP contribution in [0.3, 0.4) is 0 Å². The summed E-state index contributed by atoms with van der Waals surface area (Å²) >= 11 is 0. The van der Waals surface area contributed by atoms with E-state index >= 15 is 0 Å². The molecule has 13 nitrogen and oxygen atoms in total. The largest absolute Gasteiger partial charge is 0.497 e. The van der Waals surface area contributed by atoms with E-state index in [-0.39, 0.29) is 19.4 Å². The van der Waals surface area contributed by atoms with Gasteiger partial charge in [0.05, 0.1) is 13.2 Å². The van der Waals surface area contributed by atoms with E-state index in [0.717, 1.165) is 36.0 Å². The fourth-order valence-electron chi connectivity index (χ4n) is 7.50. The number of hydrogen-bond acceptors (Lipinski definition) is 8. The predicted octanol–water partition coefficient (Wildman–Crippen LogP) is 6.41. The molecule has 292 valence electrons. The van der Waals surface area contributed by atoms with E-state index in [0.29, 0.717) is 23.6 Å². The number of carboxylic acid groups (broad SMARTS) is 1. The van der Waals surface area contributed by atoms with Crippen LogP contribution in [0.25, 0.3) is 28.6 Å². The van der Waals surface area contributed by atoms with E-state index in [1.165, 1.54) is 11.0 Å². The minimum Gasteiger partial charge on any atom is -0.497 e. The monoisotopic (exact) mass is 752 g/mol. The molecule has 5 atom stereocenters. The fraction of sp³-hybridized carbons (Fsp3) is 0.476. The number of fused-ring (bicyclic) bond motifs is 8. The van der Waals surface area contributed by atoms with E-state index in [9.17, 15) is 24.3 Å². The van der Waals surface area contributed by atoms with Gasteiger partial charge in [0, 0.05) is 30.0 Å². The van der Waals surface area contributed by atoms with Crippen molar-refractivity contribution in [3.63, 3.8) is 0 Å². The molecule has 1 saturated heterocycles. The summed E-state index contributed by atoms with van der Waals surface area (Å²) in [4.78, 5) is 57.8. The van der Waals surface area contributed by atoms with Gasteiger partial charge >= 0.3 is 12.1 Å². The van der Waals surface area contributed by atoms with Crippen LogP contribution in [0.15, 0.2) is 67.3 Å². The molecule has 2 fully saturated rings.